The molecular formula is C21H31N5O2S. The van der Waals surface area contributed by atoms with Gasteiger partial charge in [0.05, 0.1) is 5.75 Å². The molecule has 0 aliphatic carbocycles. The van der Waals surface area contributed by atoms with Crippen molar-refractivity contribution in [3.63, 3.8) is 0 Å². The van der Waals surface area contributed by atoms with Crippen LogP contribution in [0.5, 0.6) is 0 Å². The van der Waals surface area contributed by atoms with Crippen LogP contribution in [0.2, 0.25) is 0 Å². The lowest BCUT2D eigenvalue weighted by Crippen LogP contribution is -2.44. The minimum atomic E-state index is -0.170. The number of piperazine rings is 1. The predicted molar refractivity (Wildman–Crippen MR) is 117 cm³/mol. The van der Waals surface area contributed by atoms with Gasteiger partial charge in [0, 0.05) is 44.5 Å². The van der Waals surface area contributed by atoms with Gasteiger partial charge in [-0.3, -0.25) is 4.79 Å². The molecule has 0 unspecified atom stereocenters. The molecule has 29 heavy (non-hydrogen) atoms. The number of carbonyl (C=O) groups excluding carboxylic acids is 1. The average molecular weight is 418 g/mol. The molecule has 1 N–H and O–H groups in total. The lowest BCUT2D eigenvalue weighted by molar-refractivity contribution is 0.0920. The third-order valence-electron chi connectivity index (χ3n) is 4.83. The maximum Gasteiger partial charge on any atom is 0.287 e. The van der Waals surface area contributed by atoms with E-state index in [0.29, 0.717) is 24.0 Å². The molecular weight excluding hydrogens is 386 g/mol. The van der Waals surface area contributed by atoms with E-state index in [0.717, 1.165) is 55.0 Å². The van der Waals surface area contributed by atoms with Gasteiger partial charge in [0.25, 0.3) is 5.91 Å². The Hall–Kier alpha value is -2.06. The second-order valence-corrected chi connectivity index (χ2v) is 8.74. The summed E-state index contributed by atoms with van der Waals surface area (Å²) in [5.74, 6) is 2.92. The molecule has 0 saturated carbocycles. The van der Waals surface area contributed by atoms with Gasteiger partial charge in [-0.1, -0.05) is 32.5 Å². The Morgan fingerprint density at radius 1 is 1.24 bits per heavy atom. The normalized spacial score (nSPS) is 15.1. The van der Waals surface area contributed by atoms with Crippen molar-refractivity contribution in [2.75, 3.05) is 44.7 Å². The van der Waals surface area contributed by atoms with Crippen molar-refractivity contribution in [3.8, 4) is 0 Å². The van der Waals surface area contributed by atoms with E-state index in [1.807, 2.05) is 6.07 Å². The van der Waals surface area contributed by atoms with Gasteiger partial charge in [0.1, 0.15) is 11.6 Å². The molecule has 1 aliphatic heterocycles. The summed E-state index contributed by atoms with van der Waals surface area (Å²) in [6.45, 7) is 10.9. The van der Waals surface area contributed by atoms with Gasteiger partial charge in [0.2, 0.25) is 0 Å². The predicted octanol–water partition coefficient (Wildman–Crippen LogP) is 3.06. The first-order valence-electron chi connectivity index (χ1n) is 10.3. The second-order valence-electron chi connectivity index (χ2n) is 7.80. The molecule has 8 heteroatoms. The van der Waals surface area contributed by atoms with E-state index in [4.69, 9.17) is 9.40 Å². The highest BCUT2D eigenvalue weighted by Gasteiger charge is 2.17. The van der Waals surface area contributed by atoms with Crippen molar-refractivity contribution in [1.82, 2.24) is 20.2 Å². The molecule has 3 rings (SSSR count). The molecule has 0 aromatic carbocycles. The number of carbonyl (C=O) groups is 1. The SMILES string of the molecule is CCc1cc(N2CCN(C)CC2)nc(SCc2ccc(C(=O)NCC(C)C)o2)n1. The minimum Gasteiger partial charge on any atom is -0.455 e. The van der Waals surface area contributed by atoms with Gasteiger partial charge in [-0.15, -0.1) is 0 Å². The van der Waals surface area contributed by atoms with Gasteiger partial charge in [-0.25, -0.2) is 9.97 Å². The monoisotopic (exact) mass is 417 g/mol. The molecule has 0 atom stereocenters. The Balaban J connectivity index is 1.63. The first-order chi connectivity index (χ1) is 13.9. The fraction of sp³-hybridized carbons (Fsp3) is 0.571. The van der Waals surface area contributed by atoms with Crippen LogP contribution in [-0.4, -0.2) is 60.5 Å². The summed E-state index contributed by atoms with van der Waals surface area (Å²) >= 11 is 1.54. The number of hydrogen-bond acceptors (Lipinski definition) is 7. The molecule has 0 spiro atoms. The first kappa shape index (κ1) is 21.6. The van der Waals surface area contributed by atoms with Crippen molar-refractivity contribution < 1.29 is 9.21 Å². The molecule has 2 aromatic rings. The number of nitrogens with zero attached hydrogens (tertiary/aromatic N) is 4. The third-order valence-corrected chi connectivity index (χ3v) is 5.70. The van der Waals surface area contributed by atoms with E-state index in [9.17, 15) is 4.79 Å². The molecule has 158 valence electrons. The Morgan fingerprint density at radius 2 is 2.00 bits per heavy atom. The topological polar surface area (TPSA) is 74.5 Å². The number of nitrogens with one attached hydrogen (secondary N) is 1. The Labute approximate surface area is 177 Å². The number of anilines is 1. The zero-order chi connectivity index (χ0) is 20.8. The van der Waals surface area contributed by atoms with Crippen LogP contribution < -0.4 is 10.2 Å². The van der Waals surface area contributed by atoms with Gasteiger partial charge in [-0.05, 0) is 31.5 Å². The highest BCUT2D eigenvalue weighted by molar-refractivity contribution is 7.98. The van der Waals surface area contributed by atoms with Crippen LogP contribution in [0.3, 0.4) is 0 Å². The van der Waals surface area contributed by atoms with Crippen molar-refractivity contribution in [2.24, 2.45) is 5.92 Å². The number of rotatable bonds is 8. The molecule has 1 saturated heterocycles. The summed E-state index contributed by atoms with van der Waals surface area (Å²) in [6.07, 6.45) is 0.873. The van der Waals surface area contributed by atoms with E-state index in [2.05, 4.69) is 54.0 Å². The van der Waals surface area contributed by atoms with Crippen LogP contribution in [-0.2, 0) is 12.2 Å². The standard InChI is InChI=1S/C21H31N5O2S/c1-5-16-12-19(26-10-8-25(4)9-11-26)24-21(23-16)29-14-17-6-7-18(28-17)20(27)22-13-15(2)3/h6-7,12,15H,5,8-11,13-14H2,1-4H3,(H,22,27). The molecule has 1 amide bonds. The number of hydrogen-bond donors (Lipinski definition) is 1. The quantitative estimate of drug-likeness (QED) is 0.523. The van der Waals surface area contributed by atoms with Gasteiger partial charge in [0.15, 0.2) is 10.9 Å². The van der Waals surface area contributed by atoms with E-state index >= 15 is 0 Å². The van der Waals surface area contributed by atoms with E-state index in [1.54, 1.807) is 17.8 Å². The molecule has 7 nitrogen and oxygen atoms in total. The average Bonchev–Trinajstić information content (AvgIpc) is 3.20. The Morgan fingerprint density at radius 3 is 2.69 bits per heavy atom. The summed E-state index contributed by atoms with van der Waals surface area (Å²) in [5.41, 5.74) is 1.05. The molecule has 1 fully saturated rings. The van der Waals surface area contributed by atoms with E-state index in [1.165, 1.54) is 0 Å². The molecule has 0 bridgehead atoms. The number of likely N-dealkylation sites (N-methyl/N-ethyl adjacent to an activating group) is 1. The fourth-order valence-corrected chi connectivity index (χ4v) is 3.77. The van der Waals surface area contributed by atoms with Crippen molar-refractivity contribution in [3.05, 3.63) is 35.4 Å². The van der Waals surface area contributed by atoms with Crippen molar-refractivity contribution >= 4 is 23.5 Å². The lowest BCUT2D eigenvalue weighted by atomic mass is 10.2. The summed E-state index contributed by atoms with van der Waals surface area (Å²) in [4.78, 5) is 26.2. The van der Waals surface area contributed by atoms with Crippen molar-refractivity contribution in [2.45, 2.75) is 38.1 Å². The second kappa shape index (κ2) is 10.1. The number of amides is 1. The zero-order valence-corrected chi connectivity index (χ0v) is 18.6. The Bertz CT molecular complexity index is 815. The molecule has 3 heterocycles. The highest BCUT2D eigenvalue weighted by atomic mass is 32.2. The molecule has 2 aromatic heterocycles. The van der Waals surface area contributed by atoms with Crippen LogP contribution in [0.4, 0.5) is 5.82 Å². The number of aromatic nitrogens is 2. The number of aryl methyl sites for hydroxylation is 1. The molecule has 1 aliphatic rings. The fourth-order valence-electron chi connectivity index (χ4n) is 3.00. The van der Waals surface area contributed by atoms with E-state index in [-0.39, 0.29) is 5.91 Å². The largest absolute Gasteiger partial charge is 0.455 e. The lowest BCUT2D eigenvalue weighted by Gasteiger charge is -2.33. The highest BCUT2D eigenvalue weighted by Crippen LogP contribution is 2.24. The van der Waals surface area contributed by atoms with Crippen molar-refractivity contribution in [1.29, 1.82) is 0 Å². The summed E-state index contributed by atoms with van der Waals surface area (Å²) in [5, 5.41) is 3.62. The summed E-state index contributed by atoms with van der Waals surface area (Å²) in [7, 11) is 2.15. The summed E-state index contributed by atoms with van der Waals surface area (Å²) < 4.78 is 5.71. The number of furan rings is 1. The molecule has 0 radical (unpaired) electrons. The van der Waals surface area contributed by atoms with Gasteiger partial charge in [-0.2, -0.15) is 0 Å². The smallest absolute Gasteiger partial charge is 0.287 e. The van der Waals surface area contributed by atoms with Crippen LogP contribution in [0.25, 0.3) is 0 Å². The first-order valence-corrected chi connectivity index (χ1v) is 11.2. The van der Waals surface area contributed by atoms with E-state index < -0.39 is 0 Å². The van der Waals surface area contributed by atoms with Crippen LogP contribution in [0.1, 0.15) is 42.8 Å². The number of thioether (sulfide) groups is 1. The van der Waals surface area contributed by atoms with Crippen LogP contribution in [0.15, 0.2) is 27.8 Å². The van der Waals surface area contributed by atoms with Crippen LogP contribution in [0, 0.1) is 5.92 Å². The van der Waals surface area contributed by atoms with Crippen LogP contribution >= 0.6 is 11.8 Å². The van der Waals surface area contributed by atoms with Gasteiger partial charge >= 0.3 is 0 Å². The minimum absolute atomic E-state index is 0.170. The zero-order valence-electron chi connectivity index (χ0n) is 17.8. The van der Waals surface area contributed by atoms with Gasteiger partial charge < -0.3 is 19.5 Å². The Kier molecular flexibility index (Phi) is 7.55. The summed E-state index contributed by atoms with van der Waals surface area (Å²) in [6, 6.07) is 5.67. The third kappa shape index (κ3) is 6.21. The maximum atomic E-state index is 12.1. The maximum absolute atomic E-state index is 12.1.